The Morgan fingerprint density at radius 2 is 1.50 bits per heavy atom. The summed E-state index contributed by atoms with van der Waals surface area (Å²) in [6.45, 7) is 8.89. The maximum Gasteiger partial charge on any atom is 0.417 e. The number of anilines is 2. The number of rotatable bonds is 8. The molecule has 1 amide bonds. The second kappa shape index (κ2) is 15.2. The standard InChI is InChI=1S/C28H34F6N4OS.C2H6/c1-40-25-9-6-22(19-24(25)28(32,33)34)35-21-10-13-38(14-11-21)26(39)3-2-12-36-15-17-37(18-16-36)23-7-4-20(5-8-23)27(29,30)31;1-2/h4-9,19,21,35H,2-3,10-18H2,1H3;1-2H3. The van der Waals surface area contributed by atoms with Crippen LogP contribution in [-0.2, 0) is 17.1 Å². The molecule has 2 heterocycles. The molecule has 5 nitrogen and oxygen atoms in total. The Hall–Kier alpha value is -2.60. The summed E-state index contributed by atoms with van der Waals surface area (Å²) in [7, 11) is 0. The zero-order chi connectivity index (χ0) is 30.9. The van der Waals surface area contributed by atoms with Gasteiger partial charge in [0, 0.05) is 68.0 Å². The summed E-state index contributed by atoms with van der Waals surface area (Å²) in [4.78, 5) is 19.1. The number of thioether (sulfide) groups is 1. The van der Waals surface area contributed by atoms with Crippen LogP contribution in [0.2, 0.25) is 0 Å². The Morgan fingerprint density at radius 1 is 0.881 bits per heavy atom. The number of halogens is 6. The predicted molar refractivity (Wildman–Crippen MR) is 157 cm³/mol. The van der Waals surface area contributed by atoms with E-state index in [1.807, 2.05) is 18.7 Å². The molecule has 2 aromatic rings. The SMILES string of the molecule is CC.CSc1ccc(NC2CCN(C(=O)CCCN3CCN(c4ccc(C(F)(F)F)cc4)CC3)CC2)cc1C(F)(F)F. The van der Waals surface area contributed by atoms with Crippen LogP contribution in [0.15, 0.2) is 47.4 Å². The zero-order valence-corrected chi connectivity index (χ0v) is 25.1. The quantitative estimate of drug-likeness (QED) is 0.245. The number of nitrogens with zero attached hydrogens (tertiary/aromatic N) is 3. The number of piperazine rings is 1. The van der Waals surface area contributed by atoms with Crippen LogP contribution >= 0.6 is 11.8 Å². The Labute approximate surface area is 248 Å². The van der Waals surface area contributed by atoms with E-state index < -0.39 is 23.5 Å². The number of carbonyl (C=O) groups excluding carboxylic acids is 1. The van der Waals surface area contributed by atoms with Gasteiger partial charge in [0.25, 0.3) is 0 Å². The molecule has 42 heavy (non-hydrogen) atoms. The molecule has 4 rings (SSSR count). The van der Waals surface area contributed by atoms with Gasteiger partial charge in [0.05, 0.1) is 11.1 Å². The van der Waals surface area contributed by atoms with Crippen LogP contribution in [0.1, 0.15) is 50.7 Å². The van der Waals surface area contributed by atoms with Crippen LogP contribution in [0, 0.1) is 0 Å². The fraction of sp³-hybridized carbons (Fsp3) is 0.567. The molecule has 2 saturated heterocycles. The Kier molecular flexibility index (Phi) is 12.3. The van der Waals surface area contributed by atoms with E-state index in [4.69, 9.17) is 0 Å². The minimum Gasteiger partial charge on any atom is -0.382 e. The second-order valence-electron chi connectivity index (χ2n) is 10.2. The predicted octanol–water partition coefficient (Wildman–Crippen LogP) is 7.48. The lowest BCUT2D eigenvalue weighted by molar-refractivity contribution is -0.140. The summed E-state index contributed by atoms with van der Waals surface area (Å²) >= 11 is 1.07. The number of alkyl halides is 6. The number of hydrogen-bond donors (Lipinski definition) is 1. The highest BCUT2D eigenvalue weighted by Gasteiger charge is 2.34. The van der Waals surface area contributed by atoms with Crippen molar-refractivity contribution in [2.45, 2.75) is 62.8 Å². The minimum absolute atomic E-state index is 0.00576. The van der Waals surface area contributed by atoms with Crippen molar-refractivity contribution in [3.63, 3.8) is 0 Å². The summed E-state index contributed by atoms with van der Waals surface area (Å²) < 4.78 is 78.5. The van der Waals surface area contributed by atoms with E-state index in [2.05, 4.69) is 15.1 Å². The monoisotopic (exact) mass is 618 g/mol. The van der Waals surface area contributed by atoms with Gasteiger partial charge in [-0.15, -0.1) is 11.8 Å². The summed E-state index contributed by atoms with van der Waals surface area (Å²) in [6.07, 6.45) is -4.64. The Morgan fingerprint density at radius 3 is 2.05 bits per heavy atom. The molecular formula is C30H40F6N4OS. The summed E-state index contributed by atoms with van der Waals surface area (Å²) in [5.41, 5.74) is -0.0778. The molecule has 2 aliphatic heterocycles. The van der Waals surface area contributed by atoms with Gasteiger partial charge in [-0.3, -0.25) is 9.69 Å². The van der Waals surface area contributed by atoms with E-state index in [9.17, 15) is 31.1 Å². The summed E-state index contributed by atoms with van der Waals surface area (Å²) in [5.74, 6) is 0.0884. The molecule has 2 aromatic carbocycles. The molecule has 2 aliphatic rings. The van der Waals surface area contributed by atoms with Crippen LogP contribution in [0.3, 0.4) is 0 Å². The molecule has 0 aromatic heterocycles. The summed E-state index contributed by atoms with van der Waals surface area (Å²) in [6, 6.07) is 9.56. The number of hydrogen-bond acceptors (Lipinski definition) is 5. The van der Waals surface area contributed by atoms with Crippen LogP contribution < -0.4 is 10.2 Å². The lowest BCUT2D eigenvalue weighted by Crippen LogP contribution is -2.47. The van der Waals surface area contributed by atoms with Crippen molar-refractivity contribution in [1.82, 2.24) is 9.80 Å². The van der Waals surface area contributed by atoms with Crippen molar-refractivity contribution in [2.24, 2.45) is 0 Å². The molecule has 0 spiro atoms. The van der Waals surface area contributed by atoms with Gasteiger partial charge in [-0.25, -0.2) is 0 Å². The molecule has 0 saturated carbocycles. The molecule has 2 fully saturated rings. The largest absolute Gasteiger partial charge is 0.417 e. The topological polar surface area (TPSA) is 38.8 Å². The van der Waals surface area contributed by atoms with Gasteiger partial charge in [-0.05, 0) is 74.5 Å². The molecule has 0 radical (unpaired) electrons. The van der Waals surface area contributed by atoms with E-state index in [1.165, 1.54) is 18.2 Å². The van der Waals surface area contributed by atoms with Gasteiger partial charge in [-0.1, -0.05) is 13.8 Å². The Bertz CT molecular complexity index is 1130. The van der Waals surface area contributed by atoms with Crippen molar-refractivity contribution in [2.75, 3.05) is 62.3 Å². The first-order valence-corrected chi connectivity index (χ1v) is 15.6. The summed E-state index contributed by atoms with van der Waals surface area (Å²) in [5, 5.41) is 3.21. The molecule has 0 bridgehead atoms. The van der Waals surface area contributed by atoms with Gasteiger partial charge in [0.15, 0.2) is 0 Å². The van der Waals surface area contributed by atoms with Crippen molar-refractivity contribution in [3.8, 4) is 0 Å². The highest BCUT2D eigenvalue weighted by atomic mass is 32.2. The van der Waals surface area contributed by atoms with Gasteiger partial charge < -0.3 is 15.1 Å². The smallest absolute Gasteiger partial charge is 0.382 e. The average molecular weight is 619 g/mol. The van der Waals surface area contributed by atoms with E-state index in [-0.39, 0.29) is 16.8 Å². The first-order chi connectivity index (χ1) is 19.9. The van der Waals surface area contributed by atoms with E-state index in [0.717, 1.165) is 61.7 Å². The highest BCUT2D eigenvalue weighted by Crippen LogP contribution is 2.38. The van der Waals surface area contributed by atoms with Crippen molar-refractivity contribution >= 4 is 29.0 Å². The molecule has 0 unspecified atom stereocenters. The van der Waals surface area contributed by atoms with Crippen molar-refractivity contribution in [3.05, 3.63) is 53.6 Å². The van der Waals surface area contributed by atoms with Crippen LogP contribution in [0.25, 0.3) is 0 Å². The third kappa shape index (κ3) is 9.45. The lowest BCUT2D eigenvalue weighted by Gasteiger charge is -2.36. The maximum absolute atomic E-state index is 13.4. The number of nitrogens with one attached hydrogen (secondary N) is 1. The molecule has 1 N–H and O–H groups in total. The number of benzene rings is 2. The lowest BCUT2D eigenvalue weighted by atomic mass is 10.0. The van der Waals surface area contributed by atoms with Crippen LogP contribution in [0.5, 0.6) is 0 Å². The number of likely N-dealkylation sites (tertiary alicyclic amines) is 1. The number of piperidine rings is 1. The highest BCUT2D eigenvalue weighted by molar-refractivity contribution is 7.98. The minimum atomic E-state index is -4.41. The second-order valence-corrected chi connectivity index (χ2v) is 11.0. The first-order valence-electron chi connectivity index (χ1n) is 14.4. The zero-order valence-electron chi connectivity index (χ0n) is 24.3. The third-order valence-corrected chi connectivity index (χ3v) is 8.32. The van der Waals surface area contributed by atoms with Crippen molar-refractivity contribution in [1.29, 1.82) is 0 Å². The fourth-order valence-electron chi connectivity index (χ4n) is 5.23. The number of amides is 1. The van der Waals surface area contributed by atoms with E-state index in [1.54, 1.807) is 12.3 Å². The van der Waals surface area contributed by atoms with Crippen LogP contribution in [-0.4, -0.2) is 73.8 Å². The maximum atomic E-state index is 13.4. The third-order valence-electron chi connectivity index (χ3n) is 7.52. The van der Waals surface area contributed by atoms with E-state index in [0.29, 0.717) is 51.1 Å². The van der Waals surface area contributed by atoms with Crippen LogP contribution in [0.4, 0.5) is 37.7 Å². The first kappa shape index (κ1) is 33.9. The average Bonchev–Trinajstić information content (AvgIpc) is 2.98. The van der Waals surface area contributed by atoms with Gasteiger partial charge in [0.2, 0.25) is 5.91 Å². The van der Waals surface area contributed by atoms with Crippen molar-refractivity contribution < 1.29 is 31.1 Å². The van der Waals surface area contributed by atoms with Gasteiger partial charge >= 0.3 is 12.4 Å². The van der Waals surface area contributed by atoms with Gasteiger partial charge in [-0.2, -0.15) is 26.3 Å². The van der Waals surface area contributed by atoms with Gasteiger partial charge in [0.1, 0.15) is 0 Å². The Balaban J connectivity index is 0.00000237. The molecule has 0 atom stereocenters. The molecule has 234 valence electrons. The molecular weight excluding hydrogens is 578 g/mol. The normalized spacial score (nSPS) is 17.1. The molecule has 0 aliphatic carbocycles. The fourth-order valence-corrected chi connectivity index (χ4v) is 5.83. The number of carbonyl (C=O) groups is 1. The molecule has 12 heteroatoms. The van der Waals surface area contributed by atoms with E-state index >= 15 is 0 Å².